The maximum atomic E-state index is 5.29. The summed E-state index contributed by atoms with van der Waals surface area (Å²) < 4.78 is 5.29. The maximum absolute atomic E-state index is 5.29. The molecule has 1 heterocycles. The molecule has 0 aromatic carbocycles. The lowest BCUT2D eigenvalue weighted by molar-refractivity contribution is 0.188. The van der Waals surface area contributed by atoms with Crippen LogP contribution >= 0.6 is 0 Å². The normalized spacial score (nSPS) is 23.3. The molecule has 1 fully saturated rings. The average Bonchev–Trinajstić information content (AvgIpc) is 2.56. The Morgan fingerprint density at radius 2 is 2.31 bits per heavy atom. The first kappa shape index (κ1) is 11.0. The molecule has 0 aromatic rings. The number of likely N-dealkylation sites (N-methyl/N-ethyl adjacent to an activating group) is 1. The first-order valence-electron chi connectivity index (χ1n) is 5.21. The zero-order valence-corrected chi connectivity index (χ0v) is 9.05. The van der Waals surface area contributed by atoms with E-state index in [2.05, 4.69) is 31.1 Å². The summed E-state index contributed by atoms with van der Waals surface area (Å²) in [6, 6.07) is 1.24. The van der Waals surface area contributed by atoms with Crippen molar-refractivity contribution >= 4 is 0 Å². The van der Waals surface area contributed by atoms with Gasteiger partial charge in [-0.05, 0) is 27.3 Å². The van der Waals surface area contributed by atoms with Crippen LogP contribution in [0.25, 0.3) is 0 Å². The van der Waals surface area contributed by atoms with Gasteiger partial charge in [0.25, 0.3) is 0 Å². The molecule has 78 valence electrons. The molecule has 0 bridgehead atoms. The number of hydrogen-bond acceptors (Lipinski definition) is 3. The molecule has 1 N–H and O–H groups in total. The number of hydrogen-bond donors (Lipinski definition) is 1. The summed E-state index contributed by atoms with van der Waals surface area (Å²) in [5.41, 5.74) is 0. The quantitative estimate of drug-likeness (QED) is 0.684. The molecule has 0 aliphatic carbocycles. The van der Waals surface area contributed by atoms with Crippen LogP contribution in [0.1, 0.15) is 20.3 Å². The van der Waals surface area contributed by atoms with Crippen LogP contribution < -0.4 is 5.32 Å². The van der Waals surface area contributed by atoms with Crippen LogP contribution in [0.5, 0.6) is 0 Å². The van der Waals surface area contributed by atoms with E-state index in [1.165, 1.54) is 6.42 Å². The summed E-state index contributed by atoms with van der Waals surface area (Å²) >= 11 is 0. The molecule has 0 radical (unpaired) electrons. The summed E-state index contributed by atoms with van der Waals surface area (Å²) in [6.07, 6.45) is 1.17. The minimum atomic E-state index is 0.598. The Labute approximate surface area is 81.4 Å². The van der Waals surface area contributed by atoms with Gasteiger partial charge in [-0.3, -0.25) is 0 Å². The minimum absolute atomic E-state index is 0.598. The third-order valence-electron chi connectivity index (χ3n) is 2.71. The van der Waals surface area contributed by atoms with E-state index in [0.717, 1.165) is 26.3 Å². The van der Waals surface area contributed by atoms with E-state index in [1.54, 1.807) is 0 Å². The van der Waals surface area contributed by atoms with Crippen molar-refractivity contribution in [3.05, 3.63) is 0 Å². The van der Waals surface area contributed by atoms with Gasteiger partial charge in [-0.15, -0.1) is 0 Å². The lowest BCUT2D eigenvalue weighted by atomic mass is 10.2. The van der Waals surface area contributed by atoms with Crippen LogP contribution in [0.2, 0.25) is 0 Å². The second kappa shape index (κ2) is 5.58. The zero-order chi connectivity index (χ0) is 9.68. The van der Waals surface area contributed by atoms with Crippen molar-refractivity contribution in [2.45, 2.75) is 32.4 Å². The van der Waals surface area contributed by atoms with Gasteiger partial charge in [0.05, 0.1) is 6.61 Å². The first-order valence-corrected chi connectivity index (χ1v) is 5.21. The lowest BCUT2D eigenvalue weighted by Crippen LogP contribution is -2.38. The Hall–Kier alpha value is -0.120. The second-order valence-electron chi connectivity index (χ2n) is 4.09. The topological polar surface area (TPSA) is 24.5 Å². The van der Waals surface area contributed by atoms with Gasteiger partial charge in [0.2, 0.25) is 0 Å². The second-order valence-corrected chi connectivity index (χ2v) is 4.09. The molecule has 1 atom stereocenters. The summed E-state index contributed by atoms with van der Waals surface area (Å²) in [6.45, 7) is 8.46. The summed E-state index contributed by atoms with van der Waals surface area (Å²) in [4.78, 5) is 2.35. The Bertz CT molecular complexity index is 131. The molecule has 1 aliphatic heterocycles. The van der Waals surface area contributed by atoms with Gasteiger partial charge < -0.3 is 15.0 Å². The fourth-order valence-corrected chi connectivity index (χ4v) is 1.40. The van der Waals surface area contributed by atoms with Gasteiger partial charge in [0, 0.05) is 31.8 Å². The molecule has 0 saturated carbocycles. The van der Waals surface area contributed by atoms with Gasteiger partial charge in [0.1, 0.15) is 0 Å². The predicted octanol–water partition coefficient (Wildman–Crippen LogP) is 0.705. The molecule has 0 spiro atoms. The van der Waals surface area contributed by atoms with Crippen molar-refractivity contribution in [3.8, 4) is 0 Å². The SMILES string of the molecule is CC(C)N(C)CCNC1CCOC1. The van der Waals surface area contributed by atoms with Gasteiger partial charge in [-0.2, -0.15) is 0 Å². The molecule has 13 heavy (non-hydrogen) atoms. The lowest BCUT2D eigenvalue weighted by Gasteiger charge is -2.22. The third-order valence-corrected chi connectivity index (χ3v) is 2.71. The van der Waals surface area contributed by atoms with Crippen molar-refractivity contribution in [2.24, 2.45) is 0 Å². The molecular weight excluding hydrogens is 164 g/mol. The van der Waals surface area contributed by atoms with Gasteiger partial charge in [-0.25, -0.2) is 0 Å². The van der Waals surface area contributed by atoms with E-state index >= 15 is 0 Å². The highest BCUT2D eigenvalue weighted by Crippen LogP contribution is 2.02. The summed E-state index contributed by atoms with van der Waals surface area (Å²) in [5.74, 6) is 0. The highest BCUT2D eigenvalue weighted by Gasteiger charge is 2.14. The standard InChI is InChI=1S/C10H22N2O/c1-9(2)12(3)6-5-11-10-4-7-13-8-10/h9-11H,4-8H2,1-3H3. The van der Waals surface area contributed by atoms with Crippen LogP contribution in [0, 0.1) is 0 Å². The van der Waals surface area contributed by atoms with E-state index in [0.29, 0.717) is 12.1 Å². The highest BCUT2D eigenvalue weighted by molar-refractivity contribution is 4.71. The molecule has 1 aliphatic rings. The maximum Gasteiger partial charge on any atom is 0.0620 e. The van der Waals surface area contributed by atoms with Crippen molar-refractivity contribution in [1.29, 1.82) is 0 Å². The average molecular weight is 186 g/mol. The van der Waals surface area contributed by atoms with Crippen molar-refractivity contribution in [1.82, 2.24) is 10.2 Å². The van der Waals surface area contributed by atoms with E-state index in [-0.39, 0.29) is 0 Å². The van der Waals surface area contributed by atoms with Gasteiger partial charge in [-0.1, -0.05) is 0 Å². The minimum Gasteiger partial charge on any atom is -0.380 e. The van der Waals surface area contributed by atoms with Crippen LogP contribution in [0.3, 0.4) is 0 Å². The van der Waals surface area contributed by atoms with Crippen LogP contribution in [0.4, 0.5) is 0 Å². The smallest absolute Gasteiger partial charge is 0.0620 e. The van der Waals surface area contributed by atoms with E-state index in [4.69, 9.17) is 4.74 Å². The van der Waals surface area contributed by atoms with Crippen molar-refractivity contribution in [3.63, 3.8) is 0 Å². The van der Waals surface area contributed by atoms with Gasteiger partial charge in [0.15, 0.2) is 0 Å². The van der Waals surface area contributed by atoms with E-state index in [1.807, 2.05) is 0 Å². The Balaban J connectivity index is 1.99. The fraction of sp³-hybridized carbons (Fsp3) is 1.00. The summed E-state index contributed by atoms with van der Waals surface area (Å²) in [5, 5.41) is 3.50. The number of ether oxygens (including phenoxy) is 1. The van der Waals surface area contributed by atoms with Crippen LogP contribution in [-0.4, -0.2) is 50.3 Å². The highest BCUT2D eigenvalue weighted by atomic mass is 16.5. The van der Waals surface area contributed by atoms with Crippen molar-refractivity contribution in [2.75, 3.05) is 33.4 Å². The van der Waals surface area contributed by atoms with E-state index in [9.17, 15) is 0 Å². The van der Waals surface area contributed by atoms with Crippen molar-refractivity contribution < 1.29 is 4.74 Å². The van der Waals surface area contributed by atoms with Crippen LogP contribution in [0.15, 0.2) is 0 Å². The molecule has 0 amide bonds. The Morgan fingerprint density at radius 1 is 1.54 bits per heavy atom. The third kappa shape index (κ3) is 4.07. The van der Waals surface area contributed by atoms with Crippen LogP contribution in [-0.2, 0) is 4.74 Å². The Morgan fingerprint density at radius 3 is 2.85 bits per heavy atom. The van der Waals surface area contributed by atoms with E-state index < -0.39 is 0 Å². The fourth-order valence-electron chi connectivity index (χ4n) is 1.40. The molecule has 3 nitrogen and oxygen atoms in total. The molecule has 1 saturated heterocycles. The Kier molecular flexibility index (Phi) is 4.70. The summed E-state index contributed by atoms with van der Waals surface area (Å²) in [7, 11) is 2.16. The molecular formula is C10H22N2O. The zero-order valence-electron chi connectivity index (χ0n) is 9.05. The monoisotopic (exact) mass is 186 g/mol. The molecule has 1 rings (SSSR count). The van der Waals surface area contributed by atoms with Gasteiger partial charge >= 0.3 is 0 Å². The molecule has 1 unspecified atom stereocenters. The number of nitrogens with zero attached hydrogens (tertiary/aromatic N) is 1. The molecule has 0 aromatic heterocycles. The first-order chi connectivity index (χ1) is 6.20. The largest absolute Gasteiger partial charge is 0.380 e. The predicted molar refractivity (Wildman–Crippen MR) is 55.0 cm³/mol. The number of rotatable bonds is 5. The molecule has 3 heteroatoms. The number of nitrogens with one attached hydrogen (secondary N) is 1.